The molecule has 7 nitrogen and oxygen atoms in total. The first-order chi connectivity index (χ1) is 13.9. The summed E-state index contributed by atoms with van der Waals surface area (Å²) in [6.07, 6.45) is 5.35. The fourth-order valence-corrected chi connectivity index (χ4v) is 6.10. The van der Waals surface area contributed by atoms with Crippen LogP contribution in [0.1, 0.15) is 25.7 Å². The highest BCUT2D eigenvalue weighted by atomic mass is 32.2. The number of benzene rings is 1. The second-order valence-electron chi connectivity index (χ2n) is 8.42. The standard InChI is InChI=1S/C21H29N3O4S/c1-28-18-2-3-19-20(12-18)22-15-24(21(19)25)14-16-4-8-23(9-5-16)13-17-6-10-29(26,27)11-7-17/h2-3,12,15-17H,4-11,13-14H2,1H3. The highest BCUT2D eigenvalue weighted by Crippen LogP contribution is 2.24. The lowest BCUT2D eigenvalue weighted by atomic mass is 9.94. The Balaban J connectivity index is 1.33. The zero-order valence-electron chi connectivity index (χ0n) is 16.9. The van der Waals surface area contributed by atoms with Gasteiger partial charge in [-0.1, -0.05) is 0 Å². The quantitative estimate of drug-likeness (QED) is 0.737. The zero-order chi connectivity index (χ0) is 20.4. The predicted octanol–water partition coefficient (Wildman–Crippen LogP) is 1.94. The van der Waals surface area contributed by atoms with Crippen molar-refractivity contribution >= 4 is 20.7 Å². The average Bonchev–Trinajstić information content (AvgIpc) is 2.72. The molecular formula is C21H29N3O4S. The van der Waals surface area contributed by atoms with Crippen LogP contribution in [0.3, 0.4) is 0 Å². The monoisotopic (exact) mass is 419 g/mol. The van der Waals surface area contributed by atoms with E-state index < -0.39 is 9.84 Å². The molecule has 2 fully saturated rings. The third-order valence-electron chi connectivity index (χ3n) is 6.39. The number of methoxy groups -OCH3 is 1. The Bertz CT molecular complexity index is 1010. The number of piperidine rings is 1. The summed E-state index contributed by atoms with van der Waals surface area (Å²) < 4.78 is 30.1. The Morgan fingerprint density at radius 3 is 2.45 bits per heavy atom. The first kappa shape index (κ1) is 20.3. The van der Waals surface area contributed by atoms with Crippen LogP contribution in [-0.2, 0) is 16.4 Å². The molecule has 1 aromatic heterocycles. The van der Waals surface area contributed by atoms with Gasteiger partial charge in [0.05, 0.1) is 35.8 Å². The summed E-state index contributed by atoms with van der Waals surface area (Å²) in [5.41, 5.74) is 0.665. The third-order valence-corrected chi connectivity index (χ3v) is 8.10. The highest BCUT2D eigenvalue weighted by molar-refractivity contribution is 7.91. The van der Waals surface area contributed by atoms with Crippen LogP contribution < -0.4 is 10.3 Å². The second-order valence-corrected chi connectivity index (χ2v) is 10.7. The van der Waals surface area contributed by atoms with Crippen molar-refractivity contribution in [2.75, 3.05) is 38.2 Å². The maximum atomic E-state index is 12.8. The number of hydrogen-bond donors (Lipinski definition) is 0. The molecule has 0 spiro atoms. The molecule has 0 saturated carbocycles. The number of likely N-dealkylation sites (tertiary alicyclic amines) is 1. The van der Waals surface area contributed by atoms with Crippen molar-refractivity contribution in [1.29, 1.82) is 0 Å². The predicted molar refractivity (Wildman–Crippen MR) is 113 cm³/mol. The van der Waals surface area contributed by atoms with E-state index in [2.05, 4.69) is 9.88 Å². The van der Waals surface area contributed by atoms with Gasteiger partial charge >= 0.3 is 0 Å². The van der Waals surface area contributed by atoms with Crippen LogP contribution in [0.5, 0.6) is 5.75 Å². The zero-order valence-corrected chi connectivity index (χ0v) is 17.7. The van der Waals surface area contributed by atoms with E-state index in [9.17, 15) is 13.2 Å². The van der Waals surface area contributed by atoms with Crippen molar-refractivity contribution in [2.45, 2.75) is 32.2 Å². The molecular weight excluding hydrogens is 390 g/mol. The van der Waals surface area contributed by atoms with Gasteiger partial charge in [0.15, 0.2) is 0 Å². The van der Waals surface area contributed by atoms with Gasteiger partial charge in [-0.25, -0.2) is 13.4 Å². The van der Waals surface area contributed by atoms with Crippen molar-refractivity contribution in [1.82, 2.24) is 14.5 Å². The van der Waals surface area contributed by atoms with E-state index in [4.69, 9.17) is 4.74 Å². The fraction of sp³-hybridized carbons (Fsp3) is 0.619. The summed E-state index contributed by atoms with van der Waals surface area (Å²) in [5.74, 6) is 2.35. The molecule has 29 heavy (non-hydrogen) atoms. The number of aromatic nitrogens is 2. The SMILES string of the molecule is COc1ccc2c(=O)n(CC3CCN(CC4CCS(=O)(=O)CC4)CC3)cnc2c1. The van der Waals surface area contributed by atoms with E-state index in [-0.39, 0.29) is 5.56 Å². The molecule has 0 amide bonds. The van der Waals surface area contributed by atoms with Crippen LogP contribution in [0.2, 0.25) is 0 Å². The molecule has 2 aromatic rings. The van der Waals surface area contributed by atoms with Crippen molar-refractivity contribution in [3.8, 4) is 5.75 Å². The summed E-state index contributed by atoms with van der Waals surface area (Å²) in [6, 6.07) is 5.37. The molecule has 2 aliphatic rings. The Morgan fingerprint density at radius 2 is 1.76 bits per heavy atom. The molecule has 0 N–H and O–H groups in total. The molecule has 0 bridgehead atoms. The number of nitrogens with zero attached hydrogens (tertiary/aromatic N) is 3. The Labute approximate surface area is 171 Å². The van der Waals surface area contributed by atoms with E-state index in [1.807, 2.05) is 0 Å². The van der Waals surface area contributed by atoms with Crippen molar-refractivity contribution in [2.24, 2.45) is 11.8 Å². The van der Waals surface area contributed by atoms with Gasteiger partial charge < -0.3 is 9.64 Å². The van der Waals surface area contributed by atoms with E-state index in [1.54, 1.807) is 36.2 Å². The van der Waals surface area contributed by atoms with Crippen LogP contribution in [0.15, 0.2) is 29.3 Å². The molecule has 2 saturated heterocycles. The van der Waals surface area contributed by atoms with Gasteiger partial charge in [0.2, 0.25) is 0 Å². The van der Waals surface area contributed by atoms with Gasteiger partial charge in [0.25, 0.3) is 5.56 Å². The van der Waals surface area contributed by atoms with Gasteiger partial charge in [0, 0.05) is 19.2 Å². The van der Waals surface area contributed by atoms with Gasteiger partial charge in [0.1, 0.15) is 15.6 Å². The van der Waals surface area contributed by atoms with Crippen LogP contribution in [0.25, 0.3) is 10.9 Å². The van der Waals surface area contributed by atoms with Crippen LogP contribution in [-0.4, -0.2) is 61.1 Å². The fourth-order valence-electron chi connectivity index (χ4n) is 4.51. The normalized spacial score (nSPS) is 21.4. The van der Waals surface area contributed by atoms with E-state index in [0.29, 0.717) is 46.5 Å². The Kier molecular flexibility index (Phi) is 5.92. The summed E-state index contributed by atoms with van der Waals surface area (Å²) in [4.78, 5) is 19.7. The number of rotatable bonds is 5. The molecule has 3 heterocycles. The summed E-state index contributed by atoms with van der Waals surface area (Å²) in [5, 5.41) is 0.623. The lowest BCUT2D eigenvalue weighted by Crippen LogP contribution is -2.40. The maximum Gasteiger partial charge on any atom is 0.261 e. The lowest BCUT2D eigenvalue weighted by molar-refractivity contribution is 0.148. The topological polar surface area (TPSA) is 81.5 Å². The highest BCUT2D eigenvalue weighted by Gasteiger charge is 2.27. The van der Waals surface area contributed by atoms with Crippen molar-refractivity contribution in [3.05, 3.63) is 34.9 Å². The average molecular weight is 420 g/mol. The minimum Gasteiger partial charge on any atom is -0.497 e. The second kappa shape index (κ2) is 8.44. The molecule has 0 unspecified atom stereocenters. The van der Waals surface area contributed by atoms with Gasteiger partial charge in [-0.15, -0.1) is 0 Å². The smallest absolute Gasteiger partial charge is 0.261 e. The number of fused-ring (bicyclic) bond motifs is 1. The van der Waals surface area contributed by atoms with Gasteiger partial charge in [-0.3, -0.25) is 9.36 Å². The Hall–Kier alpha value is -1.93. The first-order valence-electron chi connectivity index (χ1n) is 10.4. The molecule has 8 heteroatoms. The number of hydrogen-bond acceptors (Lipinski definition) is 6. The van der Waals surface area contributed by atoms with E-state index in [0.717, 1.165) is 45.3 Å². The minimum absolute atomic E-state index is 0.00324. The van der Waals surface area contributed by atoms with Gasteiger partial charge in [-0.2, -0.15) is 0 Å². The number of ether oxygens (including phenoxy) is 1. The number of sulfone groups is 1. The van der Waals surface area contributed by atoms with Crippen LogP contribution >= 0.6 is 0 Å². The van der Waals surface area contributed by atoms with Crippen molar-refractivity contribution in [3.63, 3.8) is 0 Å². The van der Waals surface area contributed by atoms with E-state index in [1.165, 1.54) is 0 Å². The maximum absolute atomic E-state index is 12.8. The summed E-state index contributed by atoms with van der Waals surface area (Å²) in [6.45, 7) is 3.73. The molecule has 2 aliphatic heterocycles. The molecule has 0 atom stereocenters. The molecule has 0 radical (unpaired) electrons. The molecule has 158 valence electrons. The first-order valence-corrected chi connectivity index (χ1v) is 12.2. The van der Waals surface area contributed by atoms with E-state index >= 15 is 0 Å². The molecule has 4 rings (SSSR count). The summed E-state index contributed by atoms with van der Waals surface area (Å²) >= 11 is 0. The van der Waals surface area contributed by atoms with Crippen molar-refractivity contribution < 1.29 is 13.2 Å². The van der Waals surface area contributed by atoms with Crippen LogP contribution in [0, 0.1) is 11.8 Å². The minimum atomic E-state index is -2.79. The third kappa shape index (κ3) is 4.80. The molecule has 0 aliphatic carbocycles. The largest absolute Gasteiger partial charge is 0.497 e. The molecule has 1 aromatic carbocycles. The van der Waals surface area contributed by atoms with Crippen LogP contribution in [0.4, 0.5) is 0 Å². The summed E-state index contributed by atoms with van der Waals surface area (Å²) in [7, 11) is -1.19. The lowest BCUT2D eigenvalue weighted by Gasteiger charge is -2.35. The Morgan fingerprint density at radius 1 is 1.07 bits per heavy atom. The van der Waals surface area contributed by atoms with Gasteiger partial charge in [-0.05, 0) is 62.7 Å².